The van der Waals surface area contributed by atoms with Crippen LogP contribution in [0, 0.1) is 0 Å². The minimum absolute atomic E-state index is 0.237. The van der Waals surface area contributed by atoms with Crippen LogP contribution < -0.4 is 5.32 Å². The highest BCUT2D eigenvalue weighted by atomic mass is 16.8. The van der Waals surface area contributed by atoms with Crippen LogP contribution in [0.3, 0.4) is 0 Å². The van der Waals surface area contributed by atoms with E-state index in [0.717, 1.165) is 38.5 Å². The number of unbranched alkanes of at least 4 members (excludes halogenated alkanes) is 23. The third kappa shape index (κ3) is 24.1. The summed E-state index contributed by atoms with van der Waals surface area (Å²) in [7, 11) is 0. The minimum atomic E-state index is -1.98. The fourth-order valence-corrected chi connectivity index (χ4v) is 9.74. The van der Waals surface area contributed by atoms with Gasteiger partial charge in [0.25, 0.3) is 0 Å². The van der Waals surface area contributed by atoms with Crippen LogP contribution in [0.25, 0.3) is 0 Å². The van der Waals surface area contributed by atoms with Crippen molar-refractivity contribution >= 4 is 5.91 Å². The number of nitrogens with one attached hydrogen (secondary N) is 1. The van der Waals surface area contributed by atoms with Gasteiger partial charge in [-0.1, -0.05) is 173 Å². The quantitative estimate of drug-likeness (QED) is 0.0304. The topological polar surface area (TPSA) is 307 Å². The van der Waals surface area contributed by atoms with Gasteiger partial charge in [0.05, 0.1) is 38.6 Å². The minimum Gasteiger partial charge on any atom is -0.394 e. The highest BCUT2D eigenvalue weighted by Crippen LogP contribution is 2.33. The number of aliphatic hydroxyl groups excluding tert-OH is 11. The third-order valence-corrected chi connectivity index (χ3v) is 14.5. The van der Waals surface area contributed by atoms with E-state index in [0.29, 0.717) is 12.8 Å². The van der Waals surface area contributed by atoms with Crippen LogP contribution in [0.5, 0.6) is 0 Å². The molecule has 3 fully saturated rings. The van der Waals surface area contributed by atoms with Gasteiger partial charge in [0, 0.05) is 6.42 Å². The molecule has 3 heterocycles. The average molecular weight is 1060 g/mol. The molecule has 0 bridgehead atoms. The number of rotatable bonds is 41. The van der Waals surface area contributed by atoms with Gasteiger partial charge < -0.3 is 89.9 Å². The van der Waals surface area contributed by atoms with E-state index in [-0.39, 0.29) is 18.9 Å². The van der Waals surface area contributed by atoms with Gasteiger partial charge in [-0.3, -0.25) is 4.79 Å². The Bertz CT molecular complexity index is 1460. The number of ether oxygens (including phenoxy) is 6. The molecule has 0 aromatic carbocycles. The summed E-state index contributed by atoms with van der Waals surface area (Å²) in [6.07, 6.45) is 11.9. The van der Waals surface area contributed by atoms with E-state index in [9.17, 15) is 61.0 Å². The van der Waals surface area contributed by atoms with Gasteiger partial charge in [0.2, 0.25) is 5.91 Å². The van der Waals surface area contributed by atoms with E-state index in [1.807, 2.05) is 6.08 Å². The first-order valence-electron chi connectivity index (χ1n) is 28.6. The Labute approximate surface area is 441 Å². The number of aliphatic hydroxyl groups is 11. The highest BCUT2D eigenvalue weighted by Gasteiger charge is 2.53. The summed E-state index contributed by atoms with van der Waals surface area (Å²) in [6.45, 7) is 1.66. The van der Waals surface area contributed by atoms with Crippen molar-refractivity contribution in [3.8, 4) is 0 Å². The second kappa shape index (κ2) is 39.6. The maximum absolute atomic E-state index is 13.2. The average Bonchev–Trinajstić information content (AvgIpc) is 3.40. The summed E-state index contributed by atoms with van der Waals surface area (Å²) in [5.41, 5.74) is 0. The summed E-state index contributed by atoms with van der Waals surface area (Å²) in [4.78, 5) is 13.2. The molecule has 3 aliphatic heterocycles. The first-order valence-corrected chi connectivity index (χ1v) is 28.6. The predicted molar refractivity (Wildman–Crippen MR) is 277 cm³/mol. The van der Waals surface area contributed by atoms with Crippen LogP contribution >= 0.6 is 0 Å². The Morgan fingerprint density at radius 3 is 1.35 bits per heavy atom. The zero-order valence-electron chi connectivity index (χ0n) is 44.8. The van der Waals surface area contributed by atoms with E-state index in [2.05, 4.69) is 31.3 Å². The molecule has 3 rings (SSSR count). The summed E-state index contributed by atoms with van der Waals surface area (Å²) in [5, 5.41) is 120. The van der Waals surface area contributed by atoms with Gasteiger partial charge in [-0.15, -0.1) is 0 Å². The summed E-state index contributed by atoms with van der Waals surface area (Å²) >= 11 is 0. The van der Waals surface area contributed by atoms with Crippen molar-refractivity contribution in [2.45, 2.75) is 291 Å². The molecule has 0 saturated carbocycles. The molecule has 0 aliphatic carbocycles. The molecule has 19 nitrogen and oxygen atoms in total. The van der Waals surface area contributed by atoms with Crippen molar-refractivity contribution in [1.29, 1.82) is 0 Å². The first-order chi connectivity index (χ1) is 35.8. The Kier molecular flexibility index (Phi) is 35.6. The van der Waals surface area contributed by atoms with Crippen molar-refractivity contribution in [1.82, 2.24) is 5.32 Å². The predicted octanol–water partition coefficient (Wildman–Crippen LogP) is 3.98. The Hall–Kier alpha value is -1.73. The molecule has 0 radical (unpaired) electrons. The van der Waals surface area contributed by atoms with Crippen molar-refractivity contribution < 1.29 is 89.4 Å². The lowest BCUT2D eigenvalue weighted by Crippen LogP contribution is -2.66. The Balaban J connectivity index is 1.51. The van der Waals surface area contributed by atoms with E-state index in [4.69, 9.17) is 28.4 Å². The van der Waals surface area contributed by atoms with Crippen LogP contribution in [0.2, 0.25) is 0 Å². The molecule has 12 N–H and O–H groups in total. The molecule has 74 heavy (non-hydrogen) atoms. The smallest absolute Gasteiger partial charge is 0.220 e. The molecule has 3 aliphatic rings. The zero-order valence-corrected chi connectivity index (χ0v) is 44.8. The molecule has 0 aromatic heterocycles. The summed E-state index contributed by atoms with van der Waals surface area (Å²) in [6, 6.07) is -0.983. The molecule has 1 amide bonds. The maximum atomic E-state index is 13.2. The fraction of sp³-hybridized carbons (Fsp3) is 0.909. The van der Waals surface area contributed by atoms with Crippen molar-refractivity contribution in [3.63, 3.8) is 0 Å². The Morgan fingerprint density at radius 2 is 0.865 bits per heavy atom. The zero-order chi connectivity index (χ0) is 54.1. The second-order valence-corrected chi connectivity index (χ2v) is 20.8. The van der Waals surface area contributed by atoms with Gasteiger partial charge in [0.15, 0.2) is 18.9 Å². The van der Waals surface area contributed by atoms with Crippen molar-refractivity contribution in [2.75, 3.05) is 26.4 Å². The molecule has 0 aromatic rings. The number of carbonyl (C=O) groups is 1. The molecule has 0 spiro atoms. The normalized spacial score (nSPS) is 31.6. The molecule has 17 unspecified atom stereocenters. The molecule has 19 heteroatoms. The molecule has 434 valence electrons. The summed E-state index contributed by atoms with van der Waals surface area (Å²) in [5.74, 6) is -0.289. The lowest BCUT2D eigenvalue weighted by atomic mass is 9.96. The van der Waals surface area contributed by atoms with Gasteiger partial charge in [-0.2, -0.15) is 0 Å². The third-order valence-electron chi connectivity index (χ3n) is 14.5. The van der Waals surface area contributed by atoms with Gasteiger partial charge in [0.1, 0.15) is 73.2 Å². The number of carbonyl (C=O) groups excluding carboxylic acids is 1. The molecule has 17 atom stereocenters. The highest BCUT2D eigenvalue weighted by molar-refractivity contribution is 5.76. The maximum Gasteiger partial charge on any atom is 0.220 e. The number of hydrogen-bond acceptors (Lipinski definition) is 18. The monoisotopic (exact) mass is 1060 g/mol. The van der Waals surface area contributed by atoms with E-state index in [1.165, 1.54) is 116 Å². The van der Waals surface area contributed by atoms with Crippen LogP contribution in [0.1, 0.15) is 187 Å². The van der Waals surface area contributed by atoms with Gasteiger partial charge in [-0.05, 0) is 32.1 Å². The molecular formula is C55H101NO18. The van der Waals surface area contributed by atoms with Gasteiger partial charge in [-0.25, -0.2) is 0 Å². The summed E-state index contributed by atoms with van der Waals surface area (Å²) < 4.78 is 34.1. The van der Waals surface area contributed by atoms with Crippen LogP contribution in [0.4, 0.5) is 0 Å². The standard InChI is InChI=1S/C55H101NO18/c1-3-5-7-9-11-13-14-15-16-17-18-19-20-21-22-23-25-26-28-30-32-39(60)38(56-43(61)33-31-29-27-24-12-10-8-6-4-2)37-69-53-49(67)46(64)51(41(35-58)71-53)74-55-50(68)47(65)52(42(36-59)72-55)73-54-48(66)45(63)44(62)40(34-57)70-54/h23,25,30,32,38-42,44-55,57-60,62-68H,3-22,24,26-29,31,33-37H2,1-2H3,(H,56,61)/b25-23+,32-30+. The lowest BCUT2D eigenvalue weighted by Gasteiger charge is -2.48. The molecular weight excluding hydrogens is 963 g/mol. The molecule has 3 saturated heterocycles. The van der Waals surface area contributed by atoms with Crippen LogP contribution in [0.15, 0.2) is 24.3 Å². The van der Waals surface area contributed by atoms with E-state index < -0.39 is 124 Å². The van der Waals surface area contributed by atoms with Gasteiger partial charge >= 0.3 is 0 Å². The van der Waals surface area contributed by atoms with Crippen LogP contribution in [-0.4, -0.2) is 193 Å². The Morgan fingerprint density at radius 1 is 0.473 bits per heavy atom. The SMILES string of the molecule is CCCCCCCCCCCCCCCC/C=C/CC/C=C/C(O)C(COC1OC(CO)C(OC2OC(CO)C(OC3OC(CO)C(O)C(O)C3O)C(O)C2O)C(O)C1O)NC(=O)CCCCCCCCCCC. The second-order valence-electron chi connectivity index (χ2n) is 20.8. The number of amides is 1. The van der Waals surface area contributed by atoms with E-state index in [1.54, 1.807) is 6.08 Å². The van der Waals surface area contributed by atoms with E-state index >= 15 is 0 Å². The first kappa shape index (κ1) is 66.5. The lowest BCUT2D eigenvalue weighted by molar-refractivity contribution is -0.379. The number of allylic oxidation sites excluding steroid dienone is 3. The fourth-order valence-electron chi connectivity index (χ4n) is 9.74. The van der Waals surface area contributed by atoms with Crippen molar-refractivity contribution in [3.05, 3.63) is 24.3 Å². The van der Waals surface area contributed by atoms with Crippen LogP contribution in [-0.2, 0) is 33.2 Å². The van der Waals surface area contributed by atoms with Crippen molar-refractivity contribution in [2.24, 2.45) is 0 Å². The largest absolute Gasteiger partial charge is 0.394 e. The number of hydrogen-bond donors (Lipinski definition) is 12.